The maximum absolute atomic E-state index is 10.3. The van der Waals surface area contributed by atoms with E-state index in [0.29, 0.717) is 11.2 Å². The largest absolute Gasteiger partial charge is 0.550 e. The van der Waals surface area contributed by atoms with E-state index >= 15 is 0 Å². The lowest BCUT2D eigenvalue weighted by Crippen LogP contribution is -2.28. The fourth-order valence-electron chi connectivity index (χ4n) is 1.66. The lowest BCUT2D eigenvalue weighted by atomic mass is 9.95. The number of carboxylic acids is 1. The van der Waals surface area contributed by atoms with E-state index in [2.05, 4.69) is 6.92 Å². The summed E-state index contributed by atoms with van der Waals surface area (Å²) in [4.78, 5) is 10.3. The topological polar surface area (TPSA) is 40.1 Å². The summed E-state index contributed by atoms with van der Waals surface area (Å²) < 4.78 is 0. The number of carbonyl (C=O) groups excluding carboxylic acids is 1. The van der Waals surface area contributed by atoms with Gasteiger partial charge in [-0.2, -0.15) is 11.8 Å². The van der Waals surface area contributed by atoms with Gasteiger partial charge in [0.25, 0.3) is 0 Å². The van der Waals surface area contributed by atoms with Crippen LogP contribution in [0.2, 0.25) is 0 Å². The van der Waals surface area contributed by atoms with E-state index in [9.17, 15) is 9.90 Å². The molecule has 1 fully saturated rings. The molecule has 1 aliphatic rings. The Morgan fingerprint density at radius 2 is 2.42 bits per heavy atom. The van der Waals surface area contributed by atoms with Crippen molar-refractivity contribution in [2.75, 3.05) is 5.75 Å². The van der Waals surface area contributed by atoms with Crippen LogP contribution < -0.4 is 5.11 Å². The average Bonchev–Trinajstić information content (AvgIpc) is 2.03. The quantitative estimate of drug-likeness (QED) is 0.663. The normalized spacial score (nSPS) is 30.1. The minimum Gasteiger partial charge on any atom is -0.550 e. The highest BCUT2D eigenvalue weighted by atomic mass is 32.2. The van der Waals surface area contributed by atoms with Gasteiger partial charge < -0.3 is 9.90 Å². The zero-order valence-corrected chi connectivity index (χ0v) is 8.23. The fraction of sp³-hybridized carbons (Fsp3) is 0.889. The predicted molar refractivity (Wildman–Crippen MR) is 48.9 cm³/mol. The average molecular weight is 187 g/mol. The van der Waals surface area contributed by atoms with Gasteiger partial charge >= 0.3 is 0 Å². The summed E-state index contributed by atoms with van der Waals surface area (Å²) in [7, 11) is 0. The summed E-state index contributed by atoms with van der Waals surface area (Å²) in [5.74, 6) is 0.610. The minimum atomic E-state index is -0.887. The molecule has 0 saturated carbocycles. The Labute approximate surface area is 77.7 Å². The highest BCUT2D eigenvalue weighted by Gasteiger charge is 2.20. The van der Waals surface area contributed by atoms with E-state index in [1.165, 1.54) is 0 Å². The number of hydrogen-bond acceptors (Lipinski definition) is 3. The zero-order valence-electron chi connectivity index (χ0n) is 7.41. The molecule has 1 aliphatic heterocycles. The van der Waals surface area contributed by atoms with Crippen molar-refractivity contribution in [3.05, 3.63) is 0 Å². The molecular formula is C9H15O2S-. The van der Waals surface area contributed by atoms with Crippen molar-refractivity contribution in [2.45, 2.75) is 37.9 Å². The minimum absolute atomic E-state index is 0.261. The zero-order chi connectivity index (χ0) is 8.97. The number of aliphatic carboxylic acids is 1. The first-order valence-electron chi connectivity index (χ1n) is 4.53. The summed E-state index contributed by atoms with van der Waals surface area (Å²) in [5.41, 5.74) is 0. The summed E-state index contributed by atoms with van der Waals surface area (Å²) in [6.07, 6.45) is 3.54. The Hall–Kier alpha value is -0.180. The SMILES string of the molecule is CCC1CC(CC(=O)[O-])CCS1. The van der Waals surface area contributed by atoms with Crippen molar-refractivity contribution in [1.29, 1.82) is 0 Å². The molecule has 0 radical (unpaired) electrons. The number of carbonyl (C=O) groups is 1. The molecule has 0 aliphatic carbocycles. The molecule has 0 spiro atoms. The van der Waals surface area contributed by atoms with Gasteiger partial charge in [0.2, 0.25) is 0 Å². The van der Waals surface area contributed by atoms with Gasteiger partial charge in [0, 0.05) is 11.2 Å². The molecule has 70 valence electrons. The molecule has 12 heavy (non-hydrogen) atoms. The van der Waals surface area contributed by atoms with Crippen LogP contribution in [-0.2, 0) is 4.79 Å². The summed E-state index contributed by atoms with van der Waals surface area (Å²) in [5, 5.41) is 11.0. The van der Waals surface area contributed by atoms with Crippen LogP contribution in [0, 0.1) is 5.92 Å². The van der Waals surface area contributed by atoms with Crippen LogP contribution >= 0.6 is 11.8 Å². The van der Waals surface area contributed by atoms with E-state index in [0.717, 1.165) is 25.0 Å². The van der Waals surface area contributed by atoms with Crippen LogP contribution in [0.15, 0.2) is 0 Å². The number of hydrogen-bond donors (Lipinski definition) is 0. The molecule has 0 aromatic rings. The lowest BCUT2D eigenvalue weighted by molar-refractivity contribution is -0.306. The molecule has 2 nitrogen and oxygen atoms in total. The second-order valence-electron chi connectivity index (χ2n) is 3.37. The van der Waals surface area contributed by atoms with Crippen molar-refractivity contribution in [3.8, 4) is 0 Å². The molecule has 0 aromatic carbocycles. The second-order valence-corrected chi connectivity index (χ2v) is 4.78. The van der Waals surface area contributed by atoms with Crippen molar-refractivity contribution >= 4 is 17.7 Å². The Morgan fingerprint density at radius 3 is 3.00 bits per heavy atom. The summed E-state index contributed by atoms with van der Waals surface area (Å²) in [6, 6.07) is 0. The molecule has 1 saturated heterocycles. The number of rotatable bonds is 3. The van der Waals surface area contributed by atoms with Crippen LogP contribution in [0.1, 0.15) is 32.6 Å². The Bertz CT molecular complexity index is 159. The van der Waals surface area contributed by atoms with E-state index < -0.39 is 5.97 Å². The lowest BCUT2D eigenvalue weighted by Gasteiger charge is -2.28. The molecule has 0 amide bonds. The van der Waals surface area contributed by atoms with Crippen LogP contribution in [0.25, 0.3) is 0 Å². The molecule has 3 heteroatoms. The smallest absolute Gasteiger partial charge is 0.0417 e. The van der Waals surface area contributed by atoms with Gasteiger partial charge in [-0.25, -0.2) is 0 Å². The molecule has 1 rings (SSSR count). The van der Waals surface area contributed by atoms with Gasteiger partial charge in [-0.15, -0.1) is 0 Å². The van der Waals surface area contributed by atoms with E-state index in [-0.39, 0.29) is 6.42 Å². The van der Waals surface area contributed by atoms with Crippen LogP contribution in [0.4, 0.5) is 0 Å². The van der Waals surface area contributed by atoms with Gasteiger partial charge in [0.05, 0.1) is 0 Å². The molecule has 0 bridgehead atoms. The third-order valence-corrected chi connectivity index (χ3v) is 3.86. The monoisotopic (exact) mass is 187 g/mol. The third kappa shape index (κ3) is 3.05. The molecule has 1 heterocycles. The summed E-state index contributed by atoms with van der Waals surface area (Å²) >= 11 is 1.98. The third-order valence-electron chi connectivity index (χ3n) is 2.39. The molecule has 2 unspecified atom stereocenters. The van der Waals surface area contributed by atoms with Gasteiger partial charge in [0.1, 0.15) is 0 Å². The fourth-order valence-corrected chi connectivity index (χ4v) is 3.11. The van der Waals surface area contributed by atoms with Crippen molar-refractivity contribution in [3.63, 3.8) is 0 Å². The van der Waals surface area contributed by atoms with Gasteiger partial charge in [0.15, 0.2) is 0 Å². The molecule has 2 atom stereocenters. The first-order chi connectivity index (χ1) is 5.72. The Kier molecular flexibility index (Phi) is 3.92. The van der Waals surface area contributed by atoms with E-state index in [4.69, 9.17) is 0 Å². The van der Waals surface area contributed by atoms with Crippen LogP contribution in [-0.4, -0.2) is 17.0 Å². The highest BCUT2D eigenvalue weighted by molar-refractivity contribution is 7.99. The van der Waals surface area contributed by atoms with Crippen molar-refractivity contribution in [1.82, 2.24) is 0 Å². The van der Waals surface area contributed by atoms with Crippen molar-refractivity contribution < 1.29 is 9.90 Å². The standard InChI is InChI=1S/C9H16O2S/c1-2-8-5-7(3-4-12-8)6-9(10)11/h7-8H,2-6H2,1H3,(H,10,11)/p-1. The van der Waals surface area contributed by atoms with Crippen LogP contribution in [0.5, 0.6) is 0 Å². The number of carboxylic acid groups (broad SMARTS) is 1. The molecule has 0 N–H and O–H groups in total. The predicted octanol–water partition coefficient (Wildman–Crippen LogP) is 1.05. The van der Waals surface area contributed by atoms with E-state index in [1.807, 2.05) is 11.8 Å². The van der Waals surface area contributed by atoms with Crippen molar-refractivity contribution in [2.24, 2.45) is 5.92 Å². The first kappa shape index (κ1) is 9.90. The summed E-state index contributed by atoms with van der Waals surface area (Å²) in [6.45, 7) is 2.17. The van der Waals surface area contributed by atoms with E-state index in [1.54, 1.807) is 0 Å². The maximum Gasteiger partial charge on any atom is 0.0417 e. The van der Waals surface area contributed by atoms with Gasteiger partial charge in [-0.05, 0) is 37.4 Å². The highest BCUT2D eigenvalue weighted by Crippen LogP contribution is 2.32. The number of thioether (sulfide) groups is 1. The molecular weight excluding hydrogens is 172 g/mol. The second kappa shape index (κ2) is 4.75. The maximum atomic E-state index is 10.3. The van der Waals surface area contributed by atoms with Gasteiger partial charge in [-0.1, -0.05) is 6.92 Å². The Balaban J connectivity index is 2.30. The first-order valence-corrected chi connectivity index (χ1v) is 5.58. The van der Waals surface area contributed by atoms with Gasteiger partial charge in [-0.3, -0.25) is 0 Å². The Morgan fingerprint density at radius 1 is 1.67 bits per heavy atom. The van der Waals surface area contributed by atoms with Crippen LogP contribution in [0.3, 0.4) is 0 Å². The molecule has 0 aromatic heterocycles.